The lowest BCUT2D eigenvalue weighted by Gasteiger charge is -2.06. The summed E-state index contributed by atoms with van der Waals surface area (Å²) in [7, 11) is -3.65. The average molecular weight is 454 g/mol. The molecule has 0 saturated carbocycles. The van der Waals surface area contributed by atoms with Crippen molar-refractivity contribution in [3.8, 4) is 0 Å². The van der Waals surface area contributed by atoms with E-state index in [2.05, 4.69) is 46.4 Å². The Morgan fingerprint density at radius 2 is 1.71 bits per heavy atom. The van der Waals surface area contributed by atoms with Gasteiger partial charge in [0, 0.05) is 35.2 Å². The quantitative estimate of drug-likeness (QED) is 0.390. The Morgan fingerprint density at radius 1 is 0.935 bits per heavy atom. The van der Waals surface area contributed by atoms with E-state index >= 15 is 0 Å². The molecule has 0 unspecified atom stereocenters. The molecule has 0 amide bonds. The maximum atomic E-state index is 11.4. The highest BCUT2D eigenvalue weighted by Crippen LogP contribution is 2.23. The predicted octanol–water partition coefficient (Wildman–Crippen LogP) is 4.32. The minimum Gasteiger partial charge on any atom is -0.343 e. The lowest BCUT2D eigenvalue weighted by Crippen LogP contribution is -2.17. The van der Waals surface area contributed by atoms with Crippen LogP contribution in [-0.2, 0) is 29.5 Å². The molecule has 4 aromatic rings. The molecular weight excluding hydrogens is 430 g/mol. The first-order valence-electron chi connectivity index (χ1n) is 10.0. The summed E-state index contributed by atoms with van der Waals surface area (Å²) in [5, 5.41) is 10.6. The maximum Gasteiger partial charge on any atom is 0.238 e. The van der Waals surface area contributed by atoms with E-state index in [0.29, 0.717) is 0 Å². The van der Waals surface area contributed by atoms with Gasteiger partial charge in [-0.05, 0) is 60.0 Å². The number of fused-ring (bicyclic) bond motifs is 1. The Bertz CT molecular complexity index is 1300. The van der Waals surface area contributed by atoms with Crippen molar-refractivity contribution in [1.29, 1.82) is 0 Å². The van der Waals surface area contributed by atoms with Crippen molar-refractivity contribution in [3.63, 3.8) is 0 Å². The van der Waals surface area contributed by atoms with Crippen molar-refractivity contribution >= 4 is 32.5 Å². The molecule has 0 spiro atoms. The van der Waals surface area contributed by atoms with Crippen molar-refractivity contribution in [2.45, 2.75) is 24.4 Å². The molecule has 3 aromatic carbocycles. The summed E-state index contributed by atoms with van der Waals surface area (Å²) >= 11 is 6.15. The van der Waals surface area contributed by atoms with Crippen LogP contribution in [0.4, 0.5) is 0 Å². The molecular formula is C24H24ClN3O2S. The number of hydrogen-bond acceptors (Lipinski definition) is 3. The molecule has 5 nitrogen and oxygen atoms in total. The van der Waals surface area contributed by atoms with Crippen LogP contribution in [0.3, 0.4) is 0 Å². The molecule has 7 heteroatoms. The molecule has 0 radical (unpaired) electrons. The number of nitrogens with zero attached hydrogens (tertiary/aromatic N) is 1. The summed E-state index contributed by atoms with van der Waals surface area (Å²) in [4.78, 5) is 0.136. The zero-order chi connectivity index (χ0) is 21.8. The summed E-state index contributed by atoms with van der Waals surface area (Å²) in [6, 6.07) is 23.0. The Kier molecular flexibility index (Phi) is 6.43. The highest BCUT2D eigenvalue weighted by Gasteiger charge is 2.09. The molecule has 0 aliphatic heterocycles. The zero-order valence-electron chi connectivity index (χ0n) is 17.0. The Hall–Kier alpha value is -2.64. The Morgan fingerprint density at radius 3 is 2.45 bits per heavy atom. The Labute approximate surface area is 187 Å². The van der Waals surface area contributed by atoms with Crippen LogP contribution in [0, 0.1) is 0 Å². The summed E-state index contributed by atoms with van der Waals surface area (Å²) in [6.45, 7) is 2.29. The highest BCUT2D eigenvalue weighted by atomic mass is 35.5. The number of aromatic nitrogens is 1. The molecule has 4 rings (SSSR count). The van der Waals surface area contributed by atoms with Gasteiger partial charge >= 0.3 is 0 Å². The smallest absolute Gasteiger partial charge is 0.238 e. The van der Waals surface area contributed by atoms with Crippen LogP contribution in [0.25, 0.3) is 10.9 Å². The van der Waals surface area contributed by atoms with Gasteiger partial charge in [0.25, 0.3) is 0 Å². The normalized spacial score (nSPS) is 11.8. The third kappa shape index (κ3) is 5.35. The van der Waals surface area contributed by atoms with E-state index in [4.69, 9.17) is 16.7 Å². The van der Waals surface area contributed by atoms with Gasteiger partial charge in [0.05, 0.1) is 4.90 Å². The van der Waals surface area contributed by atoms with Gasteiger partial charge in [0.15, 0.2) is 0 Å². The van der Waals surface area contributed by atoms with Gasteiger partial charge < -0.3 is 9.88 Å². The van der Waals surface area contributed by atoms with Crippen molar-refractivity contribution in [2.75, 3.05) is 6.54 Å². The van der Waals surface area contributed by atoms with Crippen LogP contribution in [-0.4, -0.2) is 19.5 Å². The van der Waals surface area contributed by atoms with Crippen molar-refractivity contribution in [2.24, 2.45) is 5.14 Å². The molecule has 1 aromatic heterocycles. The number of sulfonamides is 1. The van der Waals surface area contributed by atoms with E-state index in [1.54, 1.807) is 24.3 Å². The predicted molar refractivity (Wildman–Crippen MR) is 126 cm³/mol. The molecule has 1 heterocycles. The van der Waals surface area contributed by atoms with Crippen LogP contribution in [0.1, 0.15) is 16.7 Å². The number of hydrogen-bond donors (Lipinski definition) is 2. The van der Waals surface area contributed by atoms with E-state index < -0.39 is 10.0 Å². The largest absolute Gasteiger partial charge is 0.343 e. The van der Waals surface area contributed by atoms with Crippen LogP contribution < -0.4 is 10.5 Å². The fourth-order valence-corrected chi connectivity index (χ4v) is 4.46. The molecule has 0 aliphatic carbocycles. The van der Waals surface area contributed by atoms with Gasteiger partial charge in [0.2, 0.25) is 10.0 Å². The first-order chi connectivity index (χ1) is 14.9. The SMILES string of the molecule is NS(=O)(=O)c1ccc(CCNCc2cn(Cc3cccc(Cl)c3)c3ccccc23)cc1. The highest BCUT2D eigenvalue weighted by molar-refractivity contribution is 7.89. The topological polar surface area (TPSA) is 77.1 Å². The lowest BCUT2D eigenvalue weighted by molar-refractivity contribution is 0.597. The number of benzene rings is 3. The molecule has 0 saturated heterocycles. The molecule has 0 aliphatic rings. The van der Waals surface area contributed by atoms with Gasteiger partial charge in [0.1, 0.15) is 0 Å². The van der Waals surface area contributed by atoms with Crippen LogP contribution in [0.2, 0.25) is 5.02 Å². The molecule has 0 fully saturated rings. The fourth-order valence-electron chi connectivity index (χ4n) is 3.73. The average Bonchev–Trinajstić information content (AvgIpc) is 3.08. The minimum absolute atomic E-state index is 0.136. The van der Waals surface area contributed by atoms with Crippen molar-refractivity contribution in [1.82, 2.24) is 9.88 Å². The number of para-hydroxylation sites is 1. The number of halogens is 1. The number of nitrogens with one attached hydrogen (secondary N) is 1. The second-order valence-corrected chi connectivity index (χ2v) is 9.54. The number of primary sulfonamides is 1. The zero-order valence-corrected chi connectivity index (χ0v) is 18.5. The molecule has 0 atom stereocenters. The van der Waals surface area contributed by atoms with E-state index in [-0.39, 0.29) is 4.90 Å². The first-order valence-corrected chi connectivity index (χ1v) is 12.0. The van der Waals surface area contributed by atoms with Crippen molar-refractivity contribution < 1.29 is 8.42 Å². The van der Waals surface area contributed by atoms with Gasteiger partial charge in [-0.15, -0.1) is 0 Å². The summed E-state index contributed by atoms with van der Waals surface area (Å²) in [6.07, 6.45) is 2.99. The van der Waals surface area contributed by atoms with Crippen LogP contribution in [0.5, 0.6) is 0 Å². The van der Waals surface area contributed by atoms with Crippen LogP contribution in [0.15, 0.2) is 83.9 Å². The molecule has 0 bridgehead atoms. The summed E-state index contributed by atoms with van der Waals surface area (Å²) < 4.78 is 25.0. The van der Waals surface area contributed by atoms with Crippen molar-refractivity contribution in [3.05, 3.63) is 101 Å². The lowest BCUT2D eigenvalue weighted by atomic mass is 10.1. The standard InChI is InChI=1S/C24H24ClN3O2S/c25-21-5-3-4-19(14-21)16-28-17-20(23-6-1-2-7-24(23)28)15-27-13-12-18-8-10-22(11-9-18)31(26,29)30/h1-11,14,17,27H,12-13,15-16H2,(H2,26,29,30). The van der Waals surface area contributed by atoms with Crippen LogP contribution >= 0.6 is 11.6 Å². The van der Waals surface area contributed by atoms with E-state index in [9.17, 15) is 8.42 Å². The van der Waals surface area contributed by atoms with Gasteiger partial charge in [-0.2, -0.15) is 0 Å². The maximum absolute atomic E-state index is 11.4. The van der Waals surface area contributed by atoms with Gasteiger partial charge in [-0.1, -0.05) is 54.1 Å². The molecule has 3 N–H and O–H groups in total. The molecule has 31 heavy (non-hydrogen) atoms. The second kappa shape index (κ2) is 9.24. The Balaban J connectivity index is 1.42. The summed E-state index contributed by atoms with van der Waals surface area (Å²) in [5.74, 6) is 0. The number of nitrogens with two attached hydrogens (primary N) is 1. The fraction of sp³-hybridized carbons (Fsp3) is 0.167. The third-order valence-corrected chi connectivity index (χ3v) is 6.44. The van der Waals surface area contributed by atoms with E-state index in [1.807, 2.05) is 18.2 Å². The van der Waals surface area contributed by atoms with Gasteiger partial charge in [-0.25, -0.2) is 13.6 Å². The van der Waals surface area contributed by atoms with E-state index in [1.165, 1.54) is 16.5 Å². The first kappa shape index (κ1) is 21.6. The summed E-state index contributed by atoms with van der Waals surface area (Å²) in [5.41, 5.74) is 4.65. The second-order valence-electron chi connectivity index (χ2n) is 7.55. The van der Waals surface area contributed by atoms with Gasteiger partial charge in [-0.3, -0.25) is 0 Å². The number of rotatable bonds is 8. The minimum atomic E-state index is -3.65. The van der Waals surface area contributed by atoms with E-state index in [0.717, 1.165) is 42.2 Å². The molecule has 160 valence electrons. The monoisotopic (exact) mass is 453 g/mol. The third-order valence-electron chi connectivity index (χ3n) is 5.27.